The fourth-order valence-electron chi connectivity index (χ4n) is 1.78. The zero-order valence-corrected chi connectivity index (χ0v) is 11.2. The number of hydrogen-bond acceptors (Lipinski definition) is 4. The number of benzene rings is 1. The van der Waals surface area contributed by atoms with Gasteiger partial charge in [-0.05, 0) is 18.1 Å². The number of nitrogens with zero attached hydrogens (tertiary/aromatic N) is 2. The molecule has 0 saturated carbocycles. The Hall–Kier alpha value is -2.53. The highest BCUT2D eigenvalue weighted by atomic mass is 19.1. The number of hydrogen-bond donors (Lipinski definition) is 0. The second-order valence-corrected chi connectivity index (χ2v) is 4.74. The SMILES string of the molecule is CC(C)CC(=O)C(F)C(=O)c1c(C#N)cccc1C#N. The second-order valence-electron chi connectivity index (χ2n) is 4.74. The Kier molecular flexibility index (Phi) is 5.11. The third-order valence-electron chi connectivity index (χ3n) is 2.67. The number of halogens is 1. The van der Waals surface area contributed by atoms with Gasteiger partial charge in [0.2, 0.25) is 12.0 Å². The van der Waals surface area contributed by atoms with Gasteiger partial charge in [0.15, 0.2) is 5.78 Å². The summed E-state index contributed by atoms with van der Waals surface area (Å²) < 4.78 is 14.0. The Morgan fingerprint density at radius 1 is 1.20 bits per heavy atom. The van der Waals surface area contributed by atoms with Crippen molar-refractivity contribution in [2.45, 2.75) is 26.4 Å². The monoisotopic (exact) mass is 272 g/mol. The molecule has 0 heterocycles. The average Bonchev–Trinajstić information content (AvgIpc) is 2.43. The van der Waals surface area contributed by atoms with Crippen molar-refractivity contribution in [3.8, 4) is 12.1 Å². The van der Waals surface area contributed by atoms with Crippen LogP contribution in [0.1, 0.15) is 41.8 Å². The predicted molar refractivity (Wildman–Crippen MR) is 69.6 cm³/mol. The molecule has 20 heavy (non-hydrogen) atoms. The third kappa shape index (κ3) is 3.27. The van der Waals surface area contributed by atoms with Crippen LogP contribution in [0.5, 0.6) is 0 Å². The number of rotatable bonds is 5. The quantitative estimate of drug-likeness (QED) is 0.609. The van der Waals surface area contributed by atoms with Gasteiger partial charge in [-0.15, -0.1) is 0 Å². The van der Waals surface area contributed by atoms with Gasteiger partial charge in [0.05, 0.1) is 28.8 Å². The topological polar surface area (TPSA) is 81.7 Å². The van der Waals surface area contributed by atoms with E-state index in [1.807, 2.05) is 0 Å². The molecule has 1 aromatic carbocycles. The molecule has 0 amide bonds. The third-order valence-corrected chi connectivity index (χ3v) is 2.67. The molecular formula is C15H13FN2O2. The van der Waals surface area contributed by atoms with Crippen molar-refractivity contribution in [2.24, 2.45) is 5.92 Å². The van der Waals surface area contributed by atoms with Gasteiger partial charge >= 0.3 is 0 Å². The molecule has 1 atom stereocenters. The molecule has 1 unspecified atom stereocenters. The highest BCUT2D eigenvalue weighted by Gasteiger charge is 2.30. The number of carbonyl (C=O) groups is 2. The van der Waals surface area contributed by atoms with Gasteiger partial charge in [-0.2, -0.15) is 10.5 Å². The van der Waals surface area contributed by atoms with Crippen LogP contribution in [-0.2, 0) is 4.79 Å². The van der Waals surface area contributed by atoms with Crippen LogP contribution >= 0.6 is 0 Å². The lowest BCUT2D eigenvalue weighted by Gasteiger charge is -2.10. The maximum absolute atomic E-state index is 14.0. The molecule has 0 aliphatic carbocycles. The van der Waals surface area contributed by atoms with E-state index >= 15 is 0 Å². The molecule has 4 nitrogen and oxygen atoms in total. The normalized spacial score (nSPS) is 11.5. The standard InChI is InChI=1S/C15H13FN2O2/c1-9(2)6-12(19)14(16)15(20)13-10(7-17)4-3-5-11(13)8-18/h3-5,9,14H,6H2,1-2H3. The lowest BCUT2D eigenvalue weighted by atomic mass is 9.93. The molecule has 102 valence electrons. The van der Waals surface area contributed by atoms with E-state index in [-0.39, 0.29) is 29.0 Å². The van der Waals surface area contributed by atoms with Crippen LogP contribution in [0.25, 0.3) is 0 Å². The van der Waals surface area contributed by atoms with Gasteiger partial charge < -0.3 is 0 Å². The van der Waals surface area contributed by atoms with E-state index in [2.05, 4.69) is 0 Å². The first-order chi connectivity index (χ1) is 9.42. The Morgan fingerprint density at radius 3 is 2.10 bits per heavy atom. The Balaban J connectivity index is 3.19. The van der Waals surface area contributed by atoms with Crippen LogP contribution in [0, 0.1) is 28.6 Å². The second kappa shape index (κ2) is 6.58. The number of Topliss-reactive ketones (excluding diaryl/α,β-unsaturated/α-hetero) is 2. The summed E-state index contributed by atoms with van der Waals surface area (Å²) in [4.78, 5) is 23.6. The van der Waals surface area contributed by atoms with Crippen LogP contribution in [0.2, 0.25) is 0 Å². The molecule has 1 rings (SSSR count). The van der Waals surface area contributed by atoms with Gasteiger partial charge in [-0.1, -0.05) is 19.9 Å². The van der Waals surface area contributed by atoms with Crippen molar-refractivity contribution in [1.29, 1.82) is 10.5 Å². The van der Waals surface area contributed by atoms with Gasteiger partial charge in [0, 0.05) is 6.42 Å². The molecule has 0 aromatic heterocycles. The summed E-state index contributed by atoms with van der Waals surface area (Å²) in [5.74, 6) is -2.03. The minimum atomic E-state index is -2.33. The minimum absolute atomic E-state index is 0.0660. The van der Waals surface area contributed by atoms with E-state index < -0.39 is 17.7 Å². The number of nitriles is 2. The molecule has 1 aromatic rings. The molecule has 0 aliphatic heterocycles. The zero-order valence-electron chi connectivity index (χ0n) is 11.2. The van der Waals surface area contributed by atoms with Gasteiger partial charge in [0.25, 0.3) is 0 Å². The van der Waals surface area contributed by atoms with E-state index in [9.17, 15) is 14.0 Å². The molecule has 0 N–H and O–H groups in total. The van der Waals surface area contributed by atoms with E-state index in [0.29, 0.717) is 0 Å². The Morgan fingerprint density at radius 2 is 1.70 bits per heavy atom. The first-order valence-electron chi connectivity index (χ1n) is 6.06. The minimum Gasteiger partial charge on any atom is -0.296 e. The van der Waals surface area contributed by atoms with Gasteiger partial charge in [-0.3, -0.25) is 9.59 Å². The lowest BCUT2D eigenvalue weighted by Crippen LogP contribution is -2.28. The van der Waals surface area contributed by atoms with Crippen molar-refractivity contribution in [1.82, 2.24) is 0 Å². The highest BCUT2D eigenvalue weighted by molar-refractivity contribution is 6.15. The van der Waals surface area contributed by atoms with Gasteiger partial charge in [-0.25, -0.2) is 4.39 Å². The van der Waals surface area contributed by atoms with Crippen molar-refractivity contribution in [3.05, 3.63) is 34.9 Å². The maximum Gasteiger partial charge on any atom is 0.220 e. The van der Waals surface area contributed by atoms with E-state index in [1.54, 1.807) is 26.0 Å². The van der Waals surface area contributed by atoms with Crippen LogP contribution in [0.15, 0.2) is 18.2 Å². The smallest absolute Gasteiger partial charge is 0.220 e. The number of ketones is 2. The molecular weight excluding hydrogens is 259 g/mol. The summed E-state index contributed by atoms with van der Waals surface area (Å²) in [5, 5.41) is 17.9. The Bertz CT molecular complexity index is 591. The van der Waals surface area contributed by atoms with E-state index in [0.717, 1.165) is 0 Å². The van der Waals surface area contributed by atoms with Crippen LogP contribution in [0.3, 0.4) is 0 Å². The van der Waals surface area contributed by atoms with Crippen molar-refractivity contribution >= 4 is 11.6 Å². The molecule has 0 aliphatic rings. The average molecular weight is 272 g/mol. The van der Waals surface area contributed by atoms with Crippen LogP contribution in [-0.4, -0.2) is 17.7 Å². The lowest BCUT2D eigenvalue weighted by molar-refractivity contribution is -0.122. The first kappa shape index (κ1) is 15.5. The van der Waals surface area contributed by atoms with Crippen molar-refractivity contribution < 1.29 is 14.0 Å². The number of carbonyl (C=O) groups excluding carboxylic acids is 2. The molecule has 0 radical (unpaired) electrons. The summed E-state index contributed by atoms with van der Waals surface area (Å²) in [6.45, 7) is 3.47. The maximum atomic E-state index is 14.0. The predicted octanol–water partition coefficient (Wildman–Crippen LogP) is 2.57. The Labute approximate surface area is 116 Å². The molecule has 5 heteroatoms. The van der Waals surface area contributed by atoms with Gasteiger partial charge in [0.1, 0.15) is 0 Å². The zero-order chi connectivity index (χ0) is 15.3. The van der Waals surface area contributed by atoms with E-state index in [4.69, 9.17) is 10.5 Å². The first-order valence-corrected chi connectivity index (χ1v) is 6.06. The summed E-state index contributed by atoms with van der Waals surface area (Å²) >= 11 is 0. The fourth-order valence-corrected chi connectivity index (χ4v) is 1.78. The molecule has 0 fully saturated rings. The molecule has 0 bridgehead atoms. The van der Waals surface area contributed by atoms with Crippen LogP contribution < -0.4 is 0 Å². The summed E-state index contributed by atoms with van der Waals surface area (Å²) in [6, 6.07) is 7.53. The summed E-state index contributed by atoms with van der Waals surface area (Å²) in [7, 11) is 0. The fraction of sp³-hybridized carbons (Fsp3) is 0.333. The summed E-state index contributed by atoms with van der Waals surface area (Å²) in [6.07, 6.45) is -2.40. The number of alkyl halides is 1. The largest absolute Gasteiger partial charge is 0.296 e. The highest BCUT2D eigenvalue weighted by Crippen LogP contribution is 2.19. The molecule has 0 spiro atoms. The van der Waals surface area contributed by atoms with Crippen molar-refractivity contribution in [3.63, 3.8) is 0 Å². The van der Waals surface area contributed by atoms with E-state index in [1.165, 1.54) is 18.2 Å². The molecule has 0 saturated heterocycles. The van der Waals surface area contributed by atoms with Crippen LogP contribution in [0.4, 0.5) is 4.39 Å². The summed E-state index contributed by atoms with van der Waals surface area (Å²) in [5.41, 5.74) is -0.523. The van der Waals surface area contributed by atoms with Crippen molar-refractivity contribution in [2.75, 3.05) is 0 Å².